The van der Waals surface area contributed by atoms with E-state index < -0.39 is 0 Å². The Hall–Kier alpha value is -3.29. The predicted molar refractivity (Wildman–Crippen MR) is 134 cm³/mol. The largest absolute Gasteiger partial charge is 0.376 e. The number of pyridine rings is 1. The number of carbonyl (C=O) groups excluding carboxylic acids is 2. The summed E-state index contributed by atoms with van der Waals surface area (Å²) in [7, 11) is 0. The second-order valence-corrected chi connectivity index (χ2v) is 9.25. The van der Waals surface area contributed by atoms with Gasteiger partial charge in [-0.05, 0) is 55.4 Å². The number of carbonyl (C=O) groups is 2. The Morgan fingerprint density at radius 2 is 2.03 bits per heavy atom. The number of nitrogens with one attached hydrogen (secondary N) is 2. The second kappa shape index (κ2) is 11.0. The number of H-pyrrole nitrogens is 1. The van der Waals surface area contributed by atoms with Crippen molar-refractivity contribution in [1.29, 1.82) is 0 Å². The number of aromatic nitrogens is 2. The van der Waals surface area contributed by atoms with Gasteiger partial charge in [-0.2, -0.15) is 0 Å². The number of rotatable bonds is 8. The van der Waals surface area contributed by atoms with Crippen LogP contribution in [0.5, 0.6) is 0 Å². The number of anilines is 1. The molecule has 1 aliphatic carbocycles. The molecule has 0 saturated carbocycles. The molecule has 0 bridgehead atoms. The number of nitrogens with zero attached hydrogens (tertiary/aromatic N) is 1. The second-order valence-electron chi connectivity index (χ2n) is 9.25. The highest BCUT2D eigenvalue weighted by atomic mass is 16.5. The molecule has 1 unspecified atom stereocenters. The molecule has 3 heterocycles. The lowest BCUT2D eigenvalue weighted by Gasteiger charge is -2.22. The first-order valence-electron chi connectivity index (χ1n) is 12.4. The minimum Gasteiger partial charge on any atom is -0.376 e. The number of aromatic amines is 1. The van der Waals surface area contributed by atoms with Gasteiger partial charge >= 0.3 is 0 Å². The maximum absolute atomic E-state index is 12.9. The zero-order chi connectivity index (χ0) is 24.0. The van der Waals surface area contributed by atoms with Gasteiger partial charge in [0.25, 0.3) is 5.91 Å². The molecule has 5 rings (SSSR count). The van der Waals surface area contributed by atoms with Gasteiger partial charge in [-0.25, -0.2) is 4.98 Å². The van der Waals surface area contributed by atoms with E-state index in [0.29, 0.717) is 25.3 Å². The number of ketones is 1. The topological polar surface area (TPSA) is 93.3 Å². The highest BCUT2D eigenvalue weighted by molar-refractivity contribution is 6.01. The third-order valence-electron chi connectivity index (χ3n) is 6.64. The van der Waals surface area contributed by atoms with Crippen molar-refractivity contribution in [2.45, 2.75) is 51.0 Å². The number of benzene rings is 1. The summed E-state index contributed by atoms with van der Waals surface area (Å²) in [6, 6.07) is 13.9. The average Bonchev–Trinajstić information content (AvgIpc) is 3.25. The highest BCUT2D eigenvalue weighted by Crippen LogP contribution is 2.35. The van der Waals surface area contributed by atoms with Crippen molar-refractivity contribution in [3.8, 4) is 11.3 Å². The quantitative estimate of drug-likeness (QED) is 0.494. The van der Waals surface area contributed by atoms with E-state index in [1.807, 2.05) is 30.3 Å². The maximum atomic E-state index is 12.9. The number of amides is 1. The standard InChI is InChI=1S/C28H31N3O4/c32-24-11-6-10-23-27(24)22(15-19-7-2-1-3-8-19)28(30-23)20-12-13-29-25(16-20)31-26(33)18-34-17-21-9-4-5-14-35-21/h1-3,7-8,12-13,16,21,30H,4-6,9-11,14-15,17-18H2,(H,29,31,33). The molecule has 7 nitrogen and oxygen atoms in total. The van der Waals surface area contributed by atoms with Crippen LogP contribution < -0.4 is 5.32 Å². The minimum absolute atomic E-state index is 0.0453. The van der Waals surface area contributed by atoms with Crippen LogP contribution >= 0.6 is 0 Å². The molecule has 7 heteroatoms. The smallest absolute Gasteiger partial charge is 0.251 e. The summed E-state index contributed by atoms with van der Waals surface area (Å²) in [5.41, 5.74) is 5.79. The van der Waals surface area contributed by atoms with Crippen LogP contribution in [0, 0.1) is 0 Å². The van der Waals surface area contributed by atoms with E-state index in [0.717, 1.165) is 72.4 Å². The highest BCUT2D eigenvalue weighted by Gasteiger charge is 2.26. The molecule has 2 aromatic heterocycles. The molecular weight excluding hydrogens is 442 g/mol. The van der Waals surface area contributed by atoms with Gasteiger partial charge in [-0.1, -0.05) is 30.3 Å². The fourth-order valence-corrected chi connectivity index (χ4v) is 4.95. The molecule has 1 amide bonds. The zero-order valence-electron chi connectivity index (χ0n) is 19.8. The lowest BCUT2D eigenvalue weighted by molar-refractivity contribution is -0.122. The molecule has 1 saturated heterocycles. The van der Waals surface area contributed by atoms with Crippen LogP contribution in [0.4, 0.5) is 5.82 Å². The number of ether oxygens (including phenoxy) is 2. The number of aryl methyl sites for hydroxylation is 1. The number of hydrogen-bond donors (Lipinski definition) is 2. The van der Waals surface area contributed by atoms with Gasteiger partial charge in [0.05, 0.1) is 18.4 Å². The predicted octanol–water partition coefficient (Wildman–Crippen LogP) is 4.71. The molecule has 182 valence electrons. The first kappa shape index (κ1) is 23.5. The maximum Gasteiger partial charge on any atom is 0.251 e. The first-order valence-corrected chi connectivity index (χ1v) is 12.4. The van der Waals surface area contributed by atoms with Crippen LogP contribution in [0.2, 0.25) is 0 Å². The summed E-state index contributed by atoms with van der Waals surface area (Å²) in [6.07, 6.45) is 7.91. The molecule has 2 N–H and O–H groups in total. The van der Waals surface area contributed by atoms with Crippen LogP contribution in [0.3, 0.4) is 0 Å². The van der Waals surface area contributed by atoms with Crippen LogP contribution in [0.1, 0.15) is 59.3 Å². The van der Waals surface area contributed by atoms with E-state index in [2.05, 4.69) is 27.4 Å². The van der Waals surface area contributed by atoms with Gasteiger partial charge in [0.2, 0.25) is 0 Å². The molecule has 0 spiro atoms. The zero-order valence-corrected chi connectivity index (χ0v) is 19.8. The number of fused-ring (bicyclic) bond motifs is 1. The molecule has 2 aliphatic rings. The summed E-state index contributed by atoms with van der Waals surface area (Å²) < 4.78 is 11.2. The van der Waals surface area contributed by atoms with Crippen molar-refractivity contribution in [1.82, 2.24) is 9.97 Å². The van der Waals surface area contributed by atoms with Gasteiger partial charge in [0.1, 0.15) is 12.4 Å². The Balaban J connectivity index is 1.33. The summed E-state index contributed by atoms with van der Waals surface area (Å²) >= 11 is 0. The summed E-state index contributed by atoms with van der Waals surface area (Å²) in [5.74, 6) is 0.395. The van der Waals surface area contributed by atoms with E-state index in [1.165, 1.54) is 0 Å². The third kappa shape index (κ3) is 5.69. The van der Waals surface area contributed by atoms with Crippen LogP contribution in [-0.2, 0) is 27.1 Å². The molecule has 1 aliphatic heterocycles. The van der Waals surface area contributed by atoms with Crippen LogP contribution in [0.25, 0.3) is 11.3 Å². The van der Waals surface area contributed by atoms with Crippen molar-refractivity contribution in [3.05, 3.63) is 71.0 Å². The Morgan fingerprint density at radius 1 is 1.14 bits per heavy atom. The van der Waals surface area contributed by atoms with Crippen molar-refractivity contribution >= 4 is 17.5 Å². The van der Waals surface area contributed by atoms with Crippen molar-refractivity contribution in [3.63, 3.8) is 0 Å². The Labute approximate surface area is 205 Å². The first-order chi connectivity index (χ1) is 17.2. The van der Waals surface area contributed by atoms with Crippen molar-refractivity contribution in [2.75, 3.05) is 25.1 Å². The van der Waals surface area contributed by atoms with Crippen molar-refractivity contribution in [2.24, 2.45) is 0 Å². The molecule has 1 fully saturated rings. The number of hydrogen-bond acceptors (Lipinski definition) is 5. The van der Waals surface area contributed by atoms with E-state index in [-0.39, 0.29) is 24.4 Å². The van der Waals surface area contributed by atoms with Crippen LogP contribution in [0.15, 0.2) is 48.7 Å². The van der Waals surface area contributed by atoms with Crippen LogP contribution in [-0.4, -0.2) is 47.6 Å². The Bertz CT molecular complexity index is 1180. The summed E-state index contributed by atoms with van der Waals surface area (Å²) in [5, 5.41) is 2.83. The lowest BCUT2D eigenvalue weighted by atomic mass is 9.90. The van der Waals surface area contributed by atoms with Gasteiger partial charge in [-0.15, -0.1) is 0 Å². The van der Waals surface area contributed by atoms with Gasteiger partial charge in [-0.3, -0.25) is 9.59 Å². The Morgan fingerprint density at radius 3 is 2.86 bits per heavy atom. The normalized spacial score (nSPS) is 17.7. The van der Waals surface area contributed by atoms with E-state index in [9.17, 15) is 9.59 Å². The molecule has 0 radical (unpaired) electrons. The average molecular weight is 474 g/mol. The van der Waals surface area contributed by atoms with E-state index >= 15 is 0 Å². The molecular formula is C28H31N3O4. The van der Waals surface area contributed by atoms with Gasteiger partial charge < -0.3 is 19.8 Å². The molecule has 3 aromatic rings. The molecule has 35 heavy (non-hydrogen) atoms. The molecule has 1 atom stereocenters. The summed E-state index contributed by atoms with van der Waals surface area (Å²) in [4.78, 5) is 33.1. The van der Waals surface area contributed by atoms with E-state index in [4.69, 9.17) is 9.47 Å². The van der Waals surface area contributed by atoms with Gasteiger partial charge in [0.15, 0.2) is 5.78 Å². The lowest BCUT2D eigenvalue weighted by Crippen LogP contribution is -2.27. The van der Waals surface area contributed by atoms with E-state index in [1.54, 1.807) is 6.20 Å². The SMILES string of the molecule is O=C(COCC1CCCCO1)Nc1cc(-c2[nH]c3c(c2Cc2ccccc2)C(=O)CCC3)ccn1. The number of Topliss-reactive ketones (excluding diaryl/α,β-unsaturated/α-hetero) is 1. The van der Waals surface area contributed by atoms with Gasteiger partial charge in [0, 0.05) is 42.5 Å². The third-order valence-corrected chi connectivity index (χ3v) is 6.64. The fraction of sp³-hybridized carbons (Fsp3) is 0.393. The summed E-state index contributed by atoms with van der Waals surface area (Å²) in [6.45, 7) is 1.14. The Kier molecular flexibility index (Phi) is 7.35. The fourth-order valence-electron chi connectivity index (χ4n) is 4.95. The van der Waals surface area contributed by atoms with Crippen molar-refractivity contribution < 1.29 is 19.1 Å². The monoisotopic (exact) mass is 473 g/mol. The minimum atomic E-state index is -0.254. The molecule has 1 aromatic carbocycles.